The van der Waals surface area contributed by atoms with Crippen LogP contribution in [0.25, 0.3) is 0 Å². The maximum Gasteiger partial charge on any atom is 0.323 e. The van der Waals surface area contributed by atoms with Crippen LogP contribution in [0.1, 0.15) is 26.2 Å². The molecule has 2 rings (SSSR count). The molecule has 0 spiro atoms. The highest BCUT2D eigenvalue weighted by molar-refractivity contribution is 6.30. The van der Waals surface area contributed by atoms with Crippen LogP contribution in [0, 0.1) is 5.41 Å². The van der Waals surface area contributed by atoms with E-state index in [9.17, 15) is 9.59 Å². The van der Waals surface area contributed by atoms with Crippen LogP contribution in [0.2, 0.25) is 5.02 Å². The number of carboxylic acid groups (broad SMARTS) is 1. The van der Waals surface area contributed by atoms with Crippen molar-refractivity contribution in [3.8, 4) is 0 Å². The first-order valence-corrected chi connectivity index (χ1v) is 7.36. The summed E-state index contributed by atoms with van der Waals surface area (Å²) in [5.41, 5.74) is 0.727. The van der Waals surface area contributed by atoms with Gasteiger partial charge in [0.1, 0.15) is 6.54 Å². The number of urea groups is 1. The molecular formula is C15H19ClN2O3. The molecule has 1 aromatic carbocycles. The minimum absolute atomic E-state index is 0.213. The Morgan fingerprint density at radius 1 is 1.33 bits per heavy atom. The molecule has 1 aliphatic carbocycles. The Morgan fingerprint density at radius 3 is 2.43 bits per heavy atom. The zero-order valence-corrected chi connectivity index (χ0v) is 12.7. The molecule has 114 valence electrons. The SMILES string of the molecule is CCC1(CNC(=O)N(CC(=O)O)c2ccc(Cl)cc2)CC1. The molecule has 0 aromatic heterocycles. The van der Waals surface area contributed by atoms with Gasteiger partial charge in [0, 0.05) is 17.3 Å². The summed E-state index contributed by atoms with van der Waals surface area (Å²) in [5.74, 6) is -1.06. The quantitative estimate of drug-likeness (QED) is 0.848. The molecule has 0 aliphatic heterocycles. The summed E-state index contributed by atoms with van der Waals surface area (Å²) in [6.07, 6.45) is 3.25. The molecule has 0 saturated heterocycles. The summed E-state index contributed by atoms with van der Waals surface area (Å²) in [4.78, 5) is 24.5. The molecule has 5 nitrogen and oxygen atoms in total. The van der Waals surface area contributed by atoms with Crippen LogP contribution < -0.4 is 10.2 Å². The van der Waals surface area contributed by atoms with E-state index >= 15 is 0 Å². The lowest BCUT2D eigenvalue weighted by Gasteiger charge is -2.23. The van der Waals surface area contributed by atoms with Crippen molar-refractivity contribution in [3.05, 3.63) is 29.3 Å². The average molecular weight is 311 g/mol. The highest BCUT2D eigenvalue weighted by Gasteiger charge is 2.41. The minimum atomic E-state index is -1.06. The van der Waals surface area contributed by atoms with Gasteiger partial charge in [0.05, 0.1) is 0 Å². The first-order valence-electron chi connectivity index (χ1n) is 6.98. The lowest BCUT2D eigenvalue weighted by atomic mass is 10.0. The highest BCUT2D eigenvalue weighted by Crippen LogP contribution is 2.47. The van der Waals surface area contributed by atoms with Crippen LogP contribution in [-0.4, -0.2) is 30.2 Å². The summed E-state index contributed by atoms with van der Waals surface area (Å²) in [6, 6.07) is 6.15. The molecule has 1 saturated carbocycles. The van der Waals surface area contributed by atoms with Gasteiger partial charge in [0.15, 0.2) is 0 Å². The predicted octanol–water partition coefficient (Wildman–Crippen LogP) is 3.13. The van der Waals surface area contributed by atoms with E-state index in [-0.39, 0.29) is 18.0 Å². The molecule has 1 aliphatic rings. The van der Waals surface area contributed by atoms with E-state index in [1.807, 2.05) is 0 Å². The van der Waals surface area contributed by atoms with E-state index in [1.54, 1.807) is 24.3 Å². The van der Waals surface area contributed by atoms with Crippen LogP contribution in [0.4, 0.5) is 10.5 Å². The number of nitrogens with one attached hydrogen (secondary N) is 1. The number of hydrogen-bond donors (Lipinski definition) is 2. The van der Waals surface area contributed by atoms with Gasteiger partial charge < -0.3 is 10.4 Å². The topological polar surface area (TPSA) is 69.6 Å². The van der Waals surface area contributed by atoms with E-state index < -0.39 is 5.97 Å². The number of carbonyl (C=O) groups is 2. The molecule has 0 bridgehead atoms. The van der Waals surface area contributed by atoms with Crippen molar-refractivity contribution in [1.29, 1.82) is 0 Å². The predicted molar refractivity (Wildman–Crippen MR) is 81.8 cm³/mol. The third kappa shape index (κ3) is 4.11. The van der Waals surface area contributed by atoms with Crippen LogP contribution in [-0.2, 0) is 4.79 Å². The number of amides is 2. The van der Waals surface area contributed by atoms with E-state index in [0.717, 1.165) is 19.3 Å². The van der Waals surface area contributed by atoms with Crippen molar-refractivity contribution in [2.75, 3.05) is 18.0 Å². The molecule has 1 aromatic rings. The van der Waals surface area contributed by atoms with Gasteiger partial charge in [-0.2, -0.15) is 0 Å². The van der Waals surface area contributed by atoms with E-state index in [4.69, 9.17) is 16.7 Å². The number of nitrogens with zero attached hydrogens (tertiary/aromatic N) is 1. The summed E-state index contributed by atoms with van der Waals surface area (Å²) in [6.45, 7) is 2.31. The number of rotatable bonds is 6. The number of hydrogen-bond acceptors (Lipinski definition) is 2. The van der Waals surface area contributed by atoms with Crippen molar-refractivity contribution in [3.63, 3.8) is 0 Å². The molecule has 2 N–H and O–H groups in total. The Kier molecular flexibility index (Phi) is 4.73. The summed E-state index contributed by atoms with van der Waals surface area (Å²) in [7, 11) is 0. The van der Waals surface area contributed by atoms with Crippen LogP contribution >= 0.6 is 11.6 Å². The zero-order chi connectivity index (χ0) is 15.5. The van der Waals surface area contributed by atoms with Crippen molar-refractivity contribution in [2.24, 2.45) is 5.41 Å². The van der Waals surface area contributed by atoms with Gasteiger partial charge in [-0.05, 0) is 48.9 Å². The maximum absolute atomic E-state index is 12.3. The van der Waals surface area contributed by atoms with Crippen molar-refractivity contribution in [2.45, 2.75) is 26.2 Å². The lowest BCUT2D eigenvalue weighted by molar-refractivity contribution is -0.135. The Bertz CT molecular complexity index is 526. The molecule has 0 radical (unpaired) electrons. The van der Waals surface area contributed by atoms with Gasteiger partial charge in [-0.3, -0.25) is 9.69 Å². The number of aliphatic carboxylic acids is 1. The summed E-state index contributed by atoms with van der Waals surface area (Å²) in [5, 5.41) is 12.4. The highest BCUT2D eigenvalue weighted by atomic mass is 35.5. The summed E-state index contributed by atoms with van der Waals surface area (Å²) >= 11 is 5.81. The fourth-order valence-electron chi connectivity index (χ4n) is 2.23. The standard InChI is InChI=1S/C15H19ClN2O3/c1-2-15(7-8-15)10-17-14(21)18(9-13(19)20)12-5-3-11(16)4-6-12/h3-6H,2,7-10H2,1H3,(H,17,21)(H,19,20). The maximum atomic E-state index is 12.3. The van der Waals surface area contributed by atoms with E-state index in [0.29, 0.717) is 17.3 Å². The Hall–Kier alpha value is -1.75. The number of carbonyl (C=O) groups excluding carboxylic acids is 1. The number of halogens is 1. The van der Waals surface area contributed by atoms with Crippen LogP contribution in [0.15, 0.2) is 24.3 Å². The fraction of sp³-hybridized carbons (Fsp3) is 0.467. The van der Waals surface area contributed by atoms with Crippen molar-refractivity contribution < 1.29 is 14.7 Å². The van der Waals surface area contributed by atoms with Gasteiger partial charge in [-0.15, -0.1) is 0 Å². The molecule has 0 unspecified atom stereocenters. The Balaban J connectivity index is 2.06. The van der Waals surface area contributed by atoms with Gasteiger partial charge in [-0.25, -0.2) is 4.79 Å². The zero-order valence-electron chi connectivity index (χ0n) is 11.9. The molecule has 0 heterocycles. The fourth-order valence-corrected chi connectivity index (χ4v) is 2.35. The lowest BCUT2D eigenvalue weighted by Crippen LogP contribution is -2.44. The van der Waals surface area contributed by atoms with Crippen LogP contribution in [0.3, 0.4) is 0 Å². The van der Waals surface area contributed by atoms with E-state index in [1.165, 1.54) is 4.90 Å². The molecule has 0 atom stereocenters. The second-order valence-electron chi connectivity index (χ2n) is 5.47. The number of benzene rings is 1. The number of carboxylic acids is 1. The first kappa shape index (κ1) is 15.6. The molecule has 6 heteroatoms. The smallest absolute Gasteiger partial charge is 0.323 e. The van der Waals surface area contributed by atoms with Gasteiger partial charge in [0.2, 0.25) is 0 Å². The van der Waals surface area contributed by atoms with Gasteiger partial charge >= 0.3 is 12.0 Å². The molecular weight excluding hydrogens is 292 g/mol. The Morgan fingerprint density at radius 2 is 1.95 bits per heavy atom. The summed E-state index contributed by atoms with van der Waals surface area (Å²) < 4.78 is 0. The normalized spacial score (nSPS) is 15.3. The minimum Gasteiger partial charge on any atom is -0.480 e. The van der Waals surface area contributed by atoms with E-state index in [2.05, 4.69) is 12.2 Å². The van der Waals surface area contributed by atoms with Crippen molar-refractivity contribution in [1.82, 2.24) is 5.32 Å². The first-order chi connectivity index (χ1) is 9.96. The largest absolute Gasteiger partial charge is 0.480 e. The molecule has 2 amide bonds. The third-order valence-electron chi connectivity index (χ3n) is 4.00. The Labute approximate surface area is 128 Å². The average Bonchev–Trinajstić information content (AvgIpc) is 3.24. The monoisotopic (exact) mass is 310 g/mol. The second kappa shape index (κ2) is 6.35. The number of anilines is 1. The third-order valence-corrected chi connectivity index (χ3v) is 4.25. The van der Waals surface area contributed by atoms with Gasteiger partial charge in [-0.1, -0.05) is 18.5 Å². The van der Waals surface area contributed by atoms with Gasteiger partial charge in [0.25, 0.3) is 0 Å². The van der Waals surface area contributed by atoms with Crippen molar-refractivity contribution >= 4 is 29.3 Å². The van der Waals surface area contributed by atoms with Crippen LogP contribution in [0.5, 0.6) is 0 Å². The molecule has 21 heavy (non-hydrogen) atoms. The second-order valence-corrected chi connectivity index (χ2v) is 5.90. The molecule has 1 fully saturated rings.